The van der Waals surface area contributed by atoms with E-state index in [1.54, 1.807) is 7.11 Å². The molecule has 31 heavy (non-hydrogen) atoms. The molecule has 0 bridgehead atoms. The van der Waals surface area contributed by atoms with E-state index in [9.17, 15) is 4.79 Å². The Bertz CT molecular complexity index is 1060. The highest BCUT2D eigenvalue weighted by Gasteiger charge is 2.35. The Morgan fingerprint density at radius 1 is 1.03 bits per heavy atom. The highest BCUT2D eigenvalue weighted by Crippen LogP contribution is 2.41. The quantitative estimate of drug-likeness (QED) is 0.577. The van der Waals surface area contributed by atoms with E-state index >= 15 is 0 Å². The smallest absolute Gasteiger partial charge is 0.252 e. The van der Waals surface area contributed by atoms with Crippen molar-refractivity contribution in [1.82, 2.24) is 5.32 Å². The van der Waals surface area contributed by atoms with Crippen molar-refractivity contribution in [1.29, 1.82) is 0 Å². The lowest BCUT2D eigenvalue weighted by Crippen LogP contribution is -2.41. The Hall–Kier alpha value is -3.27. The number of rotatable bonds is 6. The van der Waals surface area contributed by atoms with Crippen molar-refractivity contribution in [2.24, 2.45) is 0 Å². The Labute approximate surface area is 184 Å². The summed E-state index contributed by atoms with van der Waals surface area (Å²) in [6, 6.07) is 23.8. The van der Waals surface area contributed by atoms with E-state index in [0.717, 1.165) is 41.0 Å². The van der Waals surface area contributed by atoms with Gasteiger partial charge in [0.2, 0.25) is 0 Å². The van der Waals surface area contributed by atoms with Gasteiger partial charge in [0.15, 0.2) is 0 Å². The van der Waals surface area contributed by atoms with Crippen LogP contribution in [0.5, 0.6) is 11.5 Å². The molecule has 3 aromatic carbocycles. The van der Waals surface area contributed by atoms with E-state index in [0.29, 0.717) is 6.42 Å². The molecule has 0 aromatic heterocycles. The predicted octanol–water partition coefficient (Wildman–Crippen LogP) is 5.51. The fourth-order valence-corrected chi connectivity index (χ4v) is 4.21. The highest BCUT2D eigenvalue weighted by atomic mass is 16.5. The van der Waals surface area contributed by atoms with Crippen LogP contribution in [0, 0.1) is 0 Å². The van der Waals surface area contributed by atoms with Crippen LogP contribution in [0.1, 0.15) is 53.4 Å². The molecule has 1 aliphatic rings. The molecule has 0 fully saturated rings. The van der Waals surface area contributed by atoms with E-state index in [1.807, 2.05) is 74.5 Å². The minimum atomic E-state index is -0.369. The van der Waals surface area contributed by atoms with Crippen LogP contribution >= 0.6 is 0 Å². The lowest BCUT2D eigenvalue weighted by molar-refractivity contribution is 0.0617. The van der Waals surface area contributed by atoms with Gasteiger partial charge in [-0.25, -0.2) is 0 Å². The summed E-state index contributed by atoms with van der Waals surface area (Å²) in [7, 11) is 1.64. The van der Waals surface area contributed by atoms with Gasteiger partial charge in [-0.1, -0.05) is 48.5 Å². The number of ether oxygens (including phenoxy) is 2. The average molecular weight is 416 g/mol. The summed E-state index contributed by atoms with van der Waals surface area (Å²) in [5.74, 6) is 1.49. The molecule has 1 amide bonds. The van der Waals surface area contributed by atoms with Gasteiger partial charge < -0.3 is 14.8 Å². The minimum absolute atomic E-state index is 0.0554. The SMILES string of the molecule is COc1ccc2c(c1)[C@@H](NC(=O)c1ccccc1CCc1ccccc1)CC(C)(C)O2. The van der Waals surface area contributed by atoms with Gasteiger partial charge in [0.05, 0.1) is 13.2 Å². The average Bonchev–Trinajstić information content (AvgIpc) is 2.77. The molecule has 4 nitrogen and oxygen atoms in total. The summed E-state index contributed by atoms with van der Waals surface area (Å²) in [4.78, 5) is 13.3. The number of carbonyl (C=O) groups excluding carboxylic acids is 1. The lowest BCUT2D eigenvalue weighted by atomic mass is 9.89. The van der Waals surface area contributed by atoms with Crippen molar-refractivity contribution in [3.63, 3.8) is 0 Å². The van der Waals surface area contributed by atoms with Crippen LogP contribution in [0.25, 0.3) is 0 Å². The molecular formula is C27H29NO3. The molecule has 3 aromatic rings. The summed E-state index contributed by atoms with van der Waals surface area (Å²) in [5, 5.41) is 3.26. The van der Waals surface area contributed by atoms with Gasteiger partial charge in [-0.15, -0.1) is 0 Å². The molecule has 1 heterocycles. The molecule has 1 atom stereocenters. The molecule has 4 rings (SSSR count). The first-order valence-electron chi connectivity index (χ1n) is 10.7. The third kappa shape index (κ3) is 4.91. The van der Waals surface area contributed by atoms with Crippen molar-refractivity contribution >= 4 is 5.91 Å². The van der Waals surface area contributed by atoms with Crippen LogP contribution in [-0.2, 0) is 12.8 Å². The number of benzene rings is 3. The molecule has 1 N–H and O–H groups in total. The van der Waals surface area contributed by atoms with E-state index in [2.05, 4.69) is 17.4 Å². The fraction of sp³-hybridized carbons (Fsp3) is 0.296. The van der Waals surface area contributed by atoms with Crippen LogP contribution < -0.4 is 14.8 Å². The van der Waals surface area contributed by atoms with Crippen molar-refractivity contribution in [2.45, 2.75) is 44.8 Å². The van der Waals surface area contributed by atoms with Gasteiger partial charge in [0.25, 0.3) is 5.91 Å². The highest BCUT2D eigenvalue weighted by molar-refractivity contribution is 5.96. The van der Waals surface area contributed by atoms with Crippen molar-refractivity contribution < 1.29 is 14.3 Å². The molecule has 1 aliphatic heterocycles. The van der Waals surface area contributed by atoms with Crippen molar-refractivity contribution in [3.05, 3.63) is 95.1 Å². The van der Waals surface area contributed by atoms with Gasteiger partial charge in [0, 0.05) is 17.5 Å². The van der Waals surface area contributed by atoms with Gasteiger partial charge >= 0.3 is 0 Å². The summed E-state index contributed by atoms with van der Waals surface area (Å²) in [5.41, 5.74) is 3.64. The number of carbonyl (C=O) groups is 1. The molecule has 4 heteroatoms. The number of hydrogen-bond acceptors (Lipinski definition) is 3. The van der Waals surface area contributed by atoms with E-state index < -0.39 is 0 Å². The third-order valence-corrected chi connectivity index (χ3v) is 5.77. The number of hydrogen-bond donors (Lipinski definition) is 1. The van der Waals surface area contributed by atoms with Crippen LogP contribution in [0.4, 0.5) is 0 Å². The zero-order valence-electron chi connectivity index (χ0n) is 18.4. The van der Waals surface area contributed by atoms with Crippen LogP contribution in [0.3, 0.4) is 0 Å². The summed E-state index contributed by atoms with van der Waals surface area (Å²) in [6.45, 7) is 4.10. The molecule has 0 spiro atoms. The zero-order chi connectivity index (χ0) is 21.8. The van der Waals surface area contributed by atoms with Crippen molar-refractivity contribution in [2.75, 3.05) is 7.11 Å². The van der Waals surface area contributed by atoms with Crippen LogP contribution in [0.15, 0.2) is 72.8 Å². The van der Waals surface area contributed by atoms with E-state index in [1.165, 1.54) is 5.56 Å². The molecule has 0 radical (unpaired) electrons. The molecule has 0 unspecified atom stereocenters. The molecule has 0 saturated heterocycles. The predicted molar refractivity (Wildman–Crippen MR) is 123 cm³/mol. The molecule has 0 saturated carbocycles. The second-order valence-corrected chi connectivity index (χ2v) is 8.64. The standard InChI is InChI=1S/C27H29NO3/c1-27(2)18-24(23-17-21(30-3)15-16-25(23)31-27)28-26(29)22-12-8-7-11-20(22)14-13-19-9-5-4-6-10-19/h4-12,15-17,24H,13-14,18H2,1-3H3,(H,28,29)/t24-/m0/s1. The Kier molecular flexibility index (Phi) is 5.99. The zero-order valence-corrected chi connectivity index (χ0v) is 18.4. The Morgan fingerprint density at radius 2 is 1.77 bits per heavy atom. The van der Waals surface area contributed by atoms with Gasteiger partial charge in [-0.05, 0) is 62.1 Å². The largest absolute Gasteiger partial charge is 0.497 e. The molecule has 160 valence electrons. The second kappa shape index (κ2) is 8.84. The van der Waals surface area contributed by atoms with Crippen LogP contribution in [-0.4, -0.2) is 18.6 Å². The summed E-state index contributed by atoms with van der Waals surface area (Å²) in [6.07, 6.45) is 2.40. The van der Waals surface area contributed by atoms with E-state index in [4.69, 9.17) is 9.47 Å². The summed E-state index contributed by atoms with van der Waals surface area (Å²) < 4.78 is 11.5. The topological polar surface area (TPSA) is 47.6 Å². The van der Waals surface area contributed by atoms with Gasteiger partial charge in [-0.2, -0.15) is 0 Å². The fourth-order valence-electron chi connectivity index (χ4n) is 4.21. The maximum Gasteiger partial charge on any atom is 0.252 e. The van der Waals surface area contributed by atoms with Crippen LogP contribution in [0.2, 0.25) is 0 Å². The Balaban J connectivity index is 1.56. The molecule has 0 aliphatic carbocycles. The molecular weight excluding hydrogens is 386 g/mol. The van der Waals surface area contributed by atoms with E-state index in [-0.39, 0.29) is 17.6 Å². The monoisotopic (exact) mass is 415 g/mol. The Morgan fingerprint density at radius 3 is 2.55 bits per heavy atom. The second-order valence-electron chi connectivity index (χ2n) is 8.64. The van der Waals surface area contributed by atoms with Gasteiger partial charge in [0.1, 0.15) is 17.1 Å². The lowest BCUT2D eigenvalue weighted by Gasteiger charge is -2.38. The van der Waals surface area contributed by atoms with Gasteiger partial charge in [-0.3, -0.25) is 4.79 Å². The maximum absolute atomic E-state index is 13.3. The number of amides is 1. The first kappa shape index (κ1) is 21.0. The number of methoxy groups -OCH3 is 1. The normalized spacial score (nSPS) is 16.7. The number of fused-ring (bicyclic) bond motifs is 1. The number of nitrogens with one attached hydrogen (secondary N) is 1. The third-order valence-electron chi connectivity index (χ3n) is 5.77. The first-order valence-corrected chi connectivity index (χ1v) is 10.7. The van der Waals surface area contributed by atoms with Crippen molar-refractivity contribution in [3.8, 4) is 11.5 Å². The maximum atomic E-state index is 13.3. The minimum Gasteiger partial charge on any atom is -0.497 e. The number of aryl methyl sites for hydroxylation is 2. The first-order chi connectivity index (χ1) is 14.9. The summed E-state index contributed by atoms with van der Waals surface area (Å²) >= 11 is 0.